The van der Waals surface area contributed by atoms with E-state index in [1.54, 1.807) is 30.7 Å². The van der Waals surface area contributed by atoms with Gasteiger partial charge in [0.05, 0.1) is 13.0 Å². The standard InChI is InChI=1S/C13H17ClN4O2/c1-4-15-13(19)8(2)18-10(7-14)16-9-5-6-11(20-3)17-12(9)18/h5-6,8H,4,7H2,1-3H3,(H,15,19). The fourth-order valence-electron chi connectivity index (χ4n) is 2.06. The van der Waals surface area contributed by atoms with Gasteiger partial charge < -0.3 is 10.1 Å². The summed E-state index contributed by atoms with van der Waals surface area (Å²) < 4.78 is 6.87. The van der Waals surface area contributed by atoms with E-state index in [2.05, 4.69) is 15.3 Å². The van der Waals surface area contributed by atoms with Crippen LogP contribution >= 0.6 is 11.6 Å². The number of carbonyl (C=O) groups is 1. The summed E-state index contributed by atoms with van der Waals surface area (Å²) >= 11 is 5.93. The lowest BCUT2D eigenvalue weighted by Crippen LogP contribution is -2.31. The lowest BCUT2D eigenvalue weighted by atomic mass is 10.3. The summed E-state index contributed by atoms with van der Waals surface area (Å²) in [5.41, 5.74) is 1.29. The third kappa shape index (κ3) is 2.56. The fraction of sp³-hybridized carbons (Fsp3) is 0.462. The van der Waals surface area contributed by atoms with Gasteiger partial charge in [0.2, 0.25) is 11.8 Å². The summed E-state index contributed by atoms with van der Waals surface area (Å²) in [6.07, 6.45) is 0. The molecule has 0 radical (unpaired) electrons. The van der Waals surface area contributed by atoms with Crippen molar-refractivity contribution in [3.05, 3.63) is 18.0 Å². The van der Waals surface area contributed by atoms with Crippen LogP contribution in [0.25, 0.3) is 11.2 Å². The van der Waals surface area contributed by atoms with Gasteiger partial charge in [0.25, 0.3) is 0 Å². The highest BCUT2D eigenvalue weighted by atomic mass is 35.5. The molecule has 0 saturated heterocycles. The predicted molar refractivity (Wildman–Crippen MR) is 77.0 cm³/mol. The average molecular weight is 297 g/mol. The molecule has 2 rings (SSSR count). The number of hydrogen-bond acceptors (Lipinski definition) is 4. The maximum absolute atomic E-state index is 12.0. The number of methoxy groups -OCH3 is 1. The maximum Gasteiger partial charge on any atom is 0.242 e. The molecule has 0 fully saturated rings. The van der Waals surface area contributed by atoms with E-state index in [0.29, 0.717) is 29.4 Å². The fourth-order valence-corrected chi connectivity index (χ4v) is 2.25. The summed E-state index contributed by atoms with van der Waals surface area (Å²) in [7, 11) is 1.55. The van der Waals surface area contributed by atoms with Crippen molar-refractivity contribution in [3.8, 4) is 5.88 Å². The number of fused-ring (bicyclic) bond motifs is 1. The highest BCUT2D eigenvalue weighted by Crippen LogP contribution is 2.23. The van der Waals surface area contributed by atoms with Crippen molar-refractivity contribution < 1.29 is 9.53 Å². The monoisotopic (exact) mass is 296 g/mol. The lowest BCUT2D eigenvalue weighted by molar-refractivity contribution is -0.123. The Bertz CT molecular complexity index is 626. The Morgan fingerprint density at radius 2 is 2.25 bits per heavy atom. The highest BCUT2D eigenvalue weighted by Gasteiger charge is 2.21. The van der Waals surface area contributed by atoms with E-state index < -0.39 is 6.04 Å². The Hall–Kier alpha value is -1.82. The molecule has 20 heavy (non-hydrogen) atoms. The van der Waals surface area contributed by atoms with Crippen molar-refractivity contribution in [1.82, 2.24) is 19.9 Å². The van der Waals surface area contributed by atoms with Crippen LogP contribution in [0.1, 0.15) is 25.7 Å². The van der Waals surface area contributed by atoms with Crippen LogP contribution in [-0.2, 0) is 10.7 Å². The van der Waals surface area contributed by atoms with E-state index in [1.165, 1.54) is 0 Å². The van der Waals surface area contributed by atoms with Gasteiger partial charge in [0.15, 0.2) is 5.65 Å². The third-order valence-electron chi connectivity index (χ3n) is 3.03. The zero-order valence-corrected chi connectivity index (χ0v) is 12.4. The topological polar surface area (TPSA) is 69.0 Å². The van der Waals surface area contributed by atoms with Gasteiger partial charge in [-0.25, -0.2) is 4.98 Å². The number of carbonyl (C=O) groups excluding carboxylic acids is 1. The number of nitrogens with one attached hydrogen (secondary N) is 1. The molecule has 108 valence electrons. The average Bonchev–Trinajstić information content (AvgIpc) is 2.83. The number of alkyl halides is 1. The van der Waals surface area contributed by atoms with Crippen LogP contribution in [0.4, 0.5) is 0 Å². The predicted octanol–water partition coefficient (Wildman–Crippen LogP) is 1.88. The largest absolute Gasteiger partial charge is 0.481 e. The zero-order chi connectivity index (χ0) is 14.7. The van der Waals surface area contributed by atoms with Gasteiger partial charge in [-0.05, 0) is 19.9 Å². The number of hydrogen-bond donors (Lipinski definition) is 1. The molecule has 0 aliphatic carbocycles. The number of ether oxygens (including phenoxy) is 1. The first-order valence-corrected chi connectivity index (χ1v) is 6.91. The number of imidazole rings is 1. The van der Waals surface area contributed by atoms with E-state index in [0.717, 1.165) is 0 Å². The van der Waals surface area contributed by atoms with E-state index >= 15 is 0 Å². The number of nitrogens with zero attached hydrogens (tertiary/aromatic N) is 3. The van der Waals surface area contributed by atoms with Gasteiger partial charge in [-0.2, -0.15) is 4.98 Å². The Morgan fingerprint density at radius 3 is 2.85 bits per heavy atom. The Morgan fingerprint density at radius 1 is 1.50 bits per heavy atom. The number of likely N-dealkylation sites (N-methyl/N-ethyl adjacent to an activating group) is 1. The quantitative estimate of drug-likeness (QED) is 0.855. The molecule has 1 atom stereocenters. The molecule has 0 bridgehead atoms. The lowest BCUT2D eigenvalue weighted by Gasteiger charge is -2.15. The normalized spacial score (nSPS) is 12.4. The van der Waals surface area contributed by atoms with Crippen molar-refractivity contribution in [3.63, 3.8) is 0 Å². The van der Waals surface area contributed by atoms with Crippen LogP contribution in [0, 0.1) is 0 Å². The molecule has 1 unspecified atom stereocenters. The summed E-state index contributed by atoms with van der Waals surface area (Å²) in [5.74, 6) is 1.20. The Kier molecular flexibility index (Phi) is 4.44. The summed E-state index contributed by atoms with van der Waals surface area (Å²) in [6.45, 7) is 4.24. The minimum Gasteiger partial charge on any atom is -0.481 e. The molecule has 2 heterocycles. The SMILES string of the molecule is CCNC(=O)C(C)n1c(CCl)nc2ccc(OC)nc21. The first-order chi connectivity index (χ1) is 9.62. The molecule has 2 aromatic rings. The van der Waals surface area contributed by atoms with E-state index in [-0.39, 0.29) is 11.8 Å². The minimum atomic E-state index is -0.437. The minimum absolute atomic E-state index is 0.0946. The van der Waals surface area contributed by atoms with E-state index in [1.807, 2.05) is 6.92 Å². The molecule has 0 spiro atoms. The molecule has 1 N–H and O–H groups in total. The van der Waals surface area contributed by atoms with Crippen molar-refractivity contribution in [2.75, 3.05) is 13.7 Å². The van der Waals surface area contributed by atoms with Crippen molar-refractivity contribution in [1.29, 1.82) is 0 Å². The van der Waals surface area contributed by atoms with Gasteiger partial charge in [-0.15, -0.1) is 11.6 Å². The number of aromatic nitrogens is 3. The number of halogens is 1. The number of rotatable bonds is 5. The van der Waals surface area contributed by atoms with Gasteiger partial charge in [-0.1, -0.05) is 0 Å². The van der Waals surface area contributed by atoms with Crippen LogP contribution in [0.5, 0.6) is 5.88 Å². The number of amides is 1. The highest BCUT2D eigenvalue weighted by molar-refractivity contribution is 6.16. The van der Waals surface area contributed by atoms with Gasteiger partial charge in [0, 0.05) is 12.6 Å². The molecule has 0 saturated carbocycles. The summed E-state index contributed by atoms with van der Waals surface area (Å²) in [6, 6.07) is 3.10. The maximum atomic E-state index is 12.0. The summed E-state index contributed by atoms with van der Waals surface area (Å²) in [5, 5.41) is 2.79. The number of pyridine rings is 1. The van der Waals surface area contributed by atoms with Crippen molar-refractivity contribution >= 4 is 28.7 Å². The first kappa shape index (κ1) is 14.6. The van der Waals surface area contributed by atoms with Crippen LogP contribution in [0.15, 0.2) is 12.1 Å². The second-order valence-corrected chi connectivity index (χ2v) is 4.57. The van der Waals surface area contributed by atoms with Crippen molar-refractivity contribution in [2.45, 2.75) is 25.8 Å². The summed E-state index contributed by atoms with van der Waals surface area (Å²) in [4.78, 5) is 20.8. The first-order valence-electron chi connectivity index (χ1n) is 6.37. The molecule has 0 aliphatic rings. The van der Waals surface area contributed by atoms with Gasteiger partial charge in [0.1, 0.15) is 17.4 Å². The molecular formula is C13H17ClN4O2. The van der Waals surface area contributed by atoms with Crippen LogP contribution in [-0.4, -0.2) is 34.1 Å². The second-order valence-electron chi connectivity index (χ2n) is 4.30. The van der Waals surface area contributed by atoms with Crippen LogP contribution in [0.2, 0.25) is 0 Å². The second kappa shape index (κ2) is 6.09. The van der Waals surface area contributed by atoms with E-state index in [4.69, 9.17) is 16.3 Å². The van der Waals surface area contributed by atoms with Crippen LogP contribution in [0.3, 0.4) is 0 Å². The Labute approximate surface area is 122 Å². The van der Waals surface area contributed by atoms with E-state index in [9.17, 15) is 4.79 Å². The Balaban J connectivity index is 2.56. The molecule has 1 amide bonds. The third-order valence-corrected chi connectivity index (χ3v) is 3.27. The molecular weight excluding hydrogens is 280 g/mol. The van der Waals surface area contributed by atoms with Gasteiger partial charge >= 0.3 is 0 Å². The molecule has 6 nitrogen and oxygen atoms in total. The molecule has 0 aliphatic heterocycles. The van der Waals surface area contributed by atoms with Gasteiger partial charge in [-0.3, -0.25) is 9.36 Å². The molecule has 0 aromatic carbocycles. The molecule has 7 heteroatoms. The zero-order valence-electron chi connectivity index (χ0n) is 11.7. The smallest absolute Gasteiger partial charge is 0.242 e. The van der Waals surface area contributed by atoms with Crippen molar-refractivity contribution in [2.24, 2.45) is 0 Å². The molecule has 2 aromatic heterocycles. The van der Waals surface area contributed by atoms with Crippen LogP contribution < -0.4 is 10.1 Å².